The minimum Gasteiger partial charge on any atom is -0.481 e. The van der Waals surface area contributed by atoms with E-state index in [2.05, 4.69) is 41.5 Å². The number of hydrogen-bond donors (Lipinski definition) is 10. The molecule has 0 atom stereocenters. The van der Waals surface area contributed by atoms with Gasteiger partial charge in [0, 0.05) is 12.5 Å². The summed E-state index contributed by atoms with van der Waals surface area (Å²) < 4.78 is 0. The van der Waals surface area contributed by atoms with Crippen LogP contribution < -0.4 is 0 Å². The second-order valence-corrected chi connectivity index (χ2v) is 20.4. The van der Waals surface area contributed by atoms with E-state index in [0.29, 0.717) is 32.5 Å². The van der Waals surface area contributed by atoms with Crippen LogP contribution in [-0.2, 0) is 48.2 Å². The second-order valence-electron chi connectivity index (χ2n) is 20.4. The van der Waals surface area contributed by atoms with E-state index in [0.717, 1.165) is 77.0 Å². The van der Waals surface area contributed by atoms with Crippen LogP contribution in [0.25, 0.3) is 0 Å². The van der Waals surface area contributed by atoms with Crippen molar-refractivity contribution in [1.82, 2.24) is 15.7 Å². The maximum Gasteiger partial charge on any atom is 0.327 e. The van der Waals surface area contributed by atoms with Crippen LogP contribution in [0.3, 0.4) is 0 Å². The number of unbranched alkanes of at least 4 members (excludes halogenated alkanes) is 27. The number of hydroxylamine groups is 6. The Morgan fingerprint density at radius 3 is 0.814 bits per heavy atom. The molecule has 0 fully saturated rings. The zero-order valence-electron chi connectivity index (χ0n) is 55.0. The number of carboxylic acid groups (broad SMARTS) is 4. The predicted octanol–water partition coefficient (Wildman–Crippen LogP) is 11.7. The highest BCUT2D eigenvalue weighted by Crippen LogP contribution is 2.15. The Kier molecular flexibility index (Phi) is 94.4. The summed E-state index contributed by atoms with van der Waals surface area (Å²) >= 11 is 0. The second kappa shape index (κ2) is 86.2. The van der Waals surface area contributed by atoms with Crippen LogP contribution in [0, 0.1) is 5.92 Å². The van der Waals surface area contributed by atoms with E-state index in [1.165, 1.54) is 150 Å². The first-order chi connectivity index (χ1) is 41.7. The van der Waals surface area contributed by atoms with Gasteiger partial charge in [-0.3, -0.25) is 43.4 Å². The number of hydrogen-bond acceptors (Lipinski definition) is 19. The molecule has 0 heterocycles. The van der Waals surface area contributed by atoms with Gasteiger partial charge >= 0.3 is 23.9 Å². The van der Waals surface area contributed by atoms with Gasteiger partial charge in [0.2, 0.25) is 0 Å². The Bertz CT molecular complexity index is 1220. The van der Waals surface area contributed by atoms with Crippen molar-refractivity contribution in [2.75, 3.05) is 98.9 Å². The molecule has 0 spiro atoms. The maximum absolute atomic E-state index is 10.6. The molecule has 0 aromatic carbocycles. The molecule has 0 bridgehead atoms. The highest BCUT2D eigenvalue weighted by Gasteiger charge is 2.24. The molecule has 0 aromatic rings. The number of allylic oxidation sites excluding steroid dienone is 1. The largest absolute Gasteiger partial charge is 0.481 e. The quantitative estimate of drug-likeness (QED) is 0.0117. The van der Waals surface area contributed by atoms with Gasteiger partial charge in [-0.2, -0.15) is 0 Å². The standard InChI is InChI=1S/C14H26O4.C13H24O2.C12H24O2.3C8H19NO4/c1-2-3-4-5-6-7-8-9-10-11-12(13(15)16)14(17)18;1-2-3-4-5-6-7-8-9-10-11-12-13(14)15;1-2-3-4-5-6-7-8-9-10-11-12(13)14;3*1-2-3-4-9(12-7-5-10)13-8-6-11/h12H,2-11H2,1H3,(H,15,16)(H,17,18);11-12H,2-10H2,1H3,(H,14,15);2-11H2,1H3,(H,13,14);3*10-11H,2-8H2,1H3. The Balaban J connectivity index is -0.000000224. The van der Waals surface area contributed by atoms with E-state index < -0.39 is 29.8 Å². The van der Waals surface area contributed by atoms with Crippen molar-refractivity contribution in [1.29, 1.82) is 0 Å². The minimum absolute atomic E-state index is 0.0366. The van der Waals surface area contributed by atoms with Gasteiger partial charge < -0.3 is 51.1 Å². The summed E-state index contributed by atoms with van der Waals surface area (Å²) in [5.74, 6) is -5.17. The van der Waals surface area contributed by atoms with Crippen LogP contribution in [0.1, 0.15) is 266 Å². The number of aliphatic hydroxyl groups is 6. The van der Waals surface area contributed by atoms with Crippen LogP contribution in [-0.4, -0.2) is 190 Å². The van der Waals surface area contributed by atoms with Crippen molar-refractivity contribution in [3.05, 3.63) is 12.2 Å². The number of carbonyl (C=O) groups is 4. The lowest BCUT2D eigenvalue weighted by molar-refractivity contribution is -0.371. The molecule has 23 heteroatoms. The highest BCUT2D eigenvalue weighted by molar-refractivity contribution is 5.92. The van der Waals surface area contributed by atoms with Gasteiger partial charge in [-0.15, -0.1) is 0 Å². The fourth-order valence-electron chi connectivity index (χ4n) is 7.40. The average molecular weight is 1250 g/mol. The summed E-state index contributed by atoms with van der Waals surface area (Å²) in [6.07, 6.45) is 42.3. The number of nitrogens with zero attached hydrogens (tertiary/aromatic N) is 3. The SMILES string of the molecule is CCCCCCCCCCC=CC(=O)O.CCCCCCCCCCCC(=O)O.CCCCCCCCCCCC(C(=O)O)C(=O)O.CCCCN(OCCO)OCCO.CCCCN(OCCO)OCCO.CCCCN(OCCO)OCCO. The normalized spacial score (nSPS) is 10.9. The van der Waals surface area contributed by atoms with E-state index >= 15 is 0 Å². The molecule has 0 rings (SSSR count). The fourth-order valence-corrected chi connectivity index (χ4v) is 7.40. The lowest BCUT2D eigenvalue weighted by atomic mass is 10.00. The molecule has 0 saturated carbocycles. The van der Waals surface area contributed by atoms with Crippen molar-refractivity contribution < 1.29 is 99.3 Å². The molecule has 0 aliphatic heterocycles. The number of aliphatic carboxylic acids is 4. The third-order valence-corrected chi connectivity index (χ3v) is 12.2. The third kappa shape index (κ3) is 92.2. The molecule has 0 unspecified atom stereocenters. The van der Waals surface area contributed by atoms with Gasteiger partial charge in [-0.05, 0) is 44.9 Å². The van der Waals surface area contributed by atoms with Crippen LogP contribution in [0.15, 0.2) is 12.2 Å². The van der Waals surface area contributed by atoms with E-state index in [4.69, 9.17) is 80.1 Å². The summed E-state index contributed by atoms with van der Waals surface area (Å²) in [4.78, 5) is 71.9. The first-order valence-electron chi connectivity index (χ1n) is 33.0. The van der Waals surface area contributed by atoms with Crippen LogP contribution in [0.2, 0.25) is 0 Å². The molecular formula is C63H131N3O20. The Labute approximate surface area is 520 Å². The minimum atomic E-state index is -1.23. The number of rotatable bonds is 59. The molecule has 518 valence electrons. The highest BCUT2D eigenvalue weighted by atomic mass is 17.0. The van der Waals surface area contributed by atoms with Crippen molar-refractivity contribution in [3.63, 3.8) is 0 Å². The zero-order valence-corrected chi connectivity index (χ0v) is 55.0. The van der Waals surface area contributed by atoms with Crippen LogP contribution in [0.4, 0.5) is 0 Å². The molecule has 10 N–H and O–H groups in total. The first-order valence-corrected chi connectivity index (χ1v) is 33.0. The topological polar surface area (TPSA) is 336 Å². The van der Waals surface area contributed by atoms with Crippen molar-refractivity contribution in [2.24, 2.45) is 5.92 Å². The van der Waals surface area contributed by atoms with Crippen molar-refractivity contribution >= 4 is 23.9 Å². The first kappa shape index (κ1) is 94.1. The molecule has 86 heavy (non-hydrogen) atoms. The van der Waals surface area contributed by atoms with E-state index in [1.54, 1.807) is 6.08 Å². The van der Waals surface area contributed by atoms with Gasteiger partial charge in [0.15, 0.2) is 5.92 Å². The lowest BCUT2D eigenvalue weighted by Crippen LogP contribution is -2.28. The molecule has 0 radical (unpaired) electrons. The van der Waals surface area contributed by atoms with E-state index in [1.807, 2.05) is 0 Å². The van der Waals surface area contributed by atoms with Crippen LogP contribution >= 0.6 is 0 Å². The molecule has 0 amide bonds. The molecule has 0 saturated heterocycles. The maximum atomic E-state index is 10.6. The Morgan fingerprint density at radius 1 is 0.337 bits per heavy atom. The molecular weight excluding hydrogens is 1120 g/mol. The molecule has 0 aliphatic carbocycles. The summed E-state index contributed by atoms with van der Waals surface area (Å²) in [5.41, 5.74) is 0. The van der Waals surface area contributed by atoms with E-state index in [-0.39, 0.29) is 85.7 Å². The van der Waals surface area contributed by atoms with E-state index in [9.17, 15) is 19.2 Å². The van der Waals surface area contributed by atoms with Gasteiger partial charge in [0.1, 0.15) is 0 Å². The van der Waals surface area contributed by atoms with Crippen LogP contribution in [0.5, 0.6) is 0 Å². The summed E-state index contributed by atoms with van der Waals surface area (Å²) in [6, 6.07) is 0. The van der Waals surface area contributed by atoms with Crippen molar-refractivity contribution in [3.8, 4) is 0 Å². The van der Waals surface area contributed by atoms with Gasteiger partial charge in [0.25, 0.3) is 0 Å². The molecule has 23 nitrogen and oxygen atoms in total. The third-order valence-electron chi connectivity index (χ3n) is 12.2. The fraction of sp³-hybridized carbons (Fsp3) is 0.905. The monoisotopic (exact) mass is 1250 g/mol. The number of aliphatic hydroxyl groups excluding tert-OH is 6. The zero-order chi connectivity index (χ0) is 65.6. The predicted molar refractivity (Wildman–Crippen MR) is 337 cm³/mol. The van der Waals surface area contributed by atoms with Gasteiger partial charge in [-0.25, -0.2) is 4.79 Å². The molecule has 0 aromatic heterocycles. The smallest absolute Gasteiger partial charge is 0.327 e. The Hall–Kier alpha value is -2.98. The summed E-state index contributed by atoms with van der Waals surface area (Å²) in [5, 5.41) is 89.1. The average Bonchev–Trinajstić information content (AvgIpc) is 3.53. The lowest BCUT2D eigenvalue weighted by Gasteiger charge is -2.19. The summed E-state index contributed by atoms with van der Waals surface area (Å²) in [7, 11) is 0. The van der Waals surface area contributed by atoms with Gasteiger partial charge in [0.05, 0.1) is 98.9 Å². The molecule has 0 aliphatic rings. The summed E-state index contributed by atoms with van der Waals surface area (Å²) in [6.45, 7) is 15.9. The number of carboxylic acids is 4. The van der Waals surface area contributed by atoms with Crippen molar-refractivity contribution in [2.45, 2.75) is 266 Å². The van der Waals surface area contributed by atoms with Gasteiger partial charge in [-0.1, -0.05) is 237 Å². The Morgan fingerprint density at radius 2 is 0.581 bits per heavy atom.